The van der Waals surface area contributed by atoms with Crippen LogP contribution in [0.25, 0.3) is 0 Å². The average molecular weight is 411 g/mol. The molecule has 4 atom stereocenters. The van der Waals surface area contributed by atoms with Crippen LogP contribution in [-0.4, -0.2) is 0 Å². The highest BCUT2D eigenvalue weighted by Crippen LogP contribution is 2.48. The predicted octanol–water partition coefficient (Wildman–Crippen LogP) is 7.60. The first-order valence-electron chi connectivity index (χ1n) is 11.3. The lowest BCUT2D eigenvalue weighted by Crippen LogP contribution is -2.30. The van der Waals surface area contributed by atoms with E-state index in [0.29, 0.717) is 5.92 Å². The van der Waals surface area contributed by atoms with E-state index in [1.54, 1.807) is 0 Å². The van der Waals surface area contributed by atoms with Crippen molar-refractivity contribution in [2.24, 2.45) is 17.8 Å². The van der Waals surface area contributed by atoms with E-state index in [1.165, 1.54) is 56.9 Å². The third-order valence-corrected chi connectivity index (χ3v) is 7.14. The first-order valence-corrected chi connectivity index (χ1v) is 11.3. The minimum absolute atomic E-state index is 0.132. The quantitative estimate of drug-likeness (QED) is 0.361. The topological polar surface area (TPSA) is 0 Å². The van der Waals surface area contributed by atoms with Crippen molar-refractivity contribution < 1.29 is 13.2 Å². The van der Waals surface area contributed by atoms with Gasteiger partial charge in [-0.3, -0.25) is 0 Å². The lowest BCUT2D eigenvalue weighted by atomic mass is 9.63. The lowest BCUT2D eigenvalue weighted by molar-refractivity contribution is 0.114. The van der Waals surface area contributed by atoms with Gasteiger partial charge in [0.15, 0.2) is 17.5 Å². The summed E-state index contributed by atoms with van der Waals surface area (Å²) < 4.78 is 39.7. The van der Waals surface area contributed by atoms with Crippen LogP contribution in [0.15, 0.2) is 36.4 Å². The molecule has 2 aliphatic rings. The van der Waals surface area contributed by atoms with Crippen LogP contribution in [0.1, 0.15) is 80.9 Å². The first-order chi connectivity index (χ1) is 14.5. The molecule has 158 valence electrons. The maximum atomic E-state index is 13.3. The molecule has 0 spiro atoms. The van der Waals surface area contributed by atoms with E-state index < -0.39 is 17.5 Å². The summed E-state index contributed by atoms with van der Waals surface area (Å²) in [5.74, 6) is 5.13. The number of rotatable bonds is 3. The Morgan fingerprint density at radius 1 is 0.800 bits per heavy atom. The van der Waals surface area contributed by atoms with E-state index >= 15 is 0 Å². The molecule has 0 saturated heterocycles. The van der Waals surface area contributed by atoms with Crippen LogP contribution in [-0.2, 0) is 0 Å². The Labute approximate surface area is 177 Å². The van der Waals surface area contributed by atoms with Crippen LogP contribution in [0.5, 0.6) is 0 Å². The molecule has 2 aromatic carbocycles. The molecule has 2 fully saturated rings. The normalized spacial score (nSPS) is 25.9. The SMILES string of the molecule is CCCC1CCC2CC(c3ccc(C#Cc4cc(F)c(F)c(F)c4)cc3)CCC2C1. The van der Waals surface area contributed by atoms with Crippen LogP contribution in [0.4, 0.5) is 13.2 Å². The molecule has 4 rings (SSSR count). The second-order valence-electron chi connectivity index (χ2n) is 9.12. The molecule has 0 bridgehead atoms. The molecular weight excluding hydrogens is 381 g/mol. The van der Waals surface area contributed by atoms with E-state index in [9.17, 15) is 13.2 Å². The van der Waals surface area contributed by atoms with E-state index in [0.717, 1.165) is 35.4 Å². The number of halogens is 3. The Bertz CT molecular complexity index is 912. The maximum absolute atomic E-state index is 13.3. The molecule has 2 aliphatic carbocycles. The zero-order valence-corrected chi connectivity index (χ0v) is 17.6. The predicted molar refractivity (Wildman–Crippen MR) is 115 cm³/mol. The molecule has 0 aliphatic heterocycles. The van der Waals surface area contributed by atoms with Gasteiger partial charge in [0, 0.05) is 11.1 Å². The third kappa shape index (κ3) is 4.75. The Kier molecular flexibility index (Phi) is 6.52. The molecule has 0 N–H and O–H groups in total. The van der Waals surface area contributed by atoms with Gasteiger partial charge in [0.1, 0.15) is 0 Å². The van der Waals surface area contributed by atoms with Crippen LogP contribution >= 0.6 is 0 Å². The summed E-state index contributed by atoms with van der Waals surface area (Å²) in [4.78, 5) is 0. The number of benzene rings is 2. The molecule has 0 aromatic heterocycles. The van der Waals surface area contributed by atoms with Gasteiger partial charge in [0.2, 0.25) is 0 Å². The van der Waals surface area contributed by atoms with Crippen molar-refractivity contribution in [1.82, 2.24) is 0 Å². The standard InChI is InChI=1S/C27H29F3/c1-2-3-19-8-11-24-17-23(13-12-22(24)14-19)21-9-6-18(7-10-21)4-5-20-15-25(28)27(30)26(29)16-20/h6-7,9-10,15-16,19,22-24H,2-3,8,11-14,17H2,1H3. The van der Waals surface area contributed by atoms with Crippen molar-refractivity contribution in [3.05, 3.63) is 70.5 Å². The Morgan fingerprint density at radius 3 is 2.13 bits per heavy atom. The van der Waals surface area contributed by atoms with Gasteiger partial charge in [-0.15, -0.1) is 0 Å². The highest BCUT2D eigenvalue weighted by molar-refractivity contribution is 5.44. The van der Waals surface area contributed by atoms with Gasteiger partial charge in [-0.2, -0.15) is 0 Å². The number of hydrogen-bond acceptors (Lipinski definition) is 0. The van der Waals surface area contributed by atoms with Crippen molar-refractivity contribution in [3.8, 4) is 11.8 Å². The van der Waals surface area contributed by atoms with Gasteiger partial charge in [-0.25, -0.2) is 13.2 Å². The molecular formula is C27H29F3. The maximum Gasteiger partial charge on any atom is 0.194 e. The molecule has 0 nitrogen and oxygen atoms in total. The van der Waals surface area contributed by atoms with Gasteiger partial charge in [0.05, 0.1) is 0 Å². The van der Waals surface area contributed by atoms with Crippen molar-refractivity contribution >= 4 is 0 Å². The molecule has 3 heteroatoms. The smallest absolute Gasteiger partial charge is 0.194 e. The van der Waals surface area contributed by atoms with Crippen LogP contribution in [0.3, 0.4) is 0 Å². The van der Waals surface area contributed by atoms with Crippen molar-refractivity contribution in [1.29, 1.82) is 0 Å². The second-order valence-corrected chi connectivity index (χ2v) is 9.12. The third-order valence-electron chi connectivity index (χ3n) is 7.14. The van der Waals surface area contributed by atoms with E-state index in [4.69, 9.17) is 0 Å². The summed E-state index contributed by atoms with van der Waals surface area (Å²) >= 11 is 0. The Morgan fingerprint density at radius 2 is 1.43 bits per heavy atom. The summed E-state index contributed by atoms with van der Waals surface area (Å²) in [5, 5.41) is 0. The van der Waals surface area contributed by atoms with E-state index in [-0.39, 0.29) is 5.56 Å². The van der Waals surface area contributed by atoms with Gasteiger partial charge in [-0.1, -0.05) is 50.2 Å². The van der Waals surface area contributed by atoms with E-state index in [2.05, 4.69) is 30.9 Å². The molecule has 0 radical (unpaired) electrons. The summed E-state index contributed by atoms with van der Waals surface area (Å²) in [5.41, 5.74) is 2.29. The van der Waals surface area contributed by atoms with E-state index in [1.807, 2.05) is 12.1 Å². The van der Waals surface area contributed by atoms with Gasteiger partial charge < -0.3 is 0 Å². The van der Waals surface area contributed by atoms with Crippen LogP contribution < -0.4 is 0 Å². The Hall–Kier alpha value is -2.21. The Balaban J connectivity index is 1.39. The highest BCUT2D eigenvalue weighted by Gasteiger charge is 2.35. The largest absolute Gasteiger partial charge is 0.204 e. The summed E-state index contributed by atoms with van der Waals surface area (Å²) in [6.07, 6.45) is 10.8. The summed E-state index contributed by atoms with van der Waals surface area (Å²) in [6, 6.07) is 10.1. The average Bonchev–Trinajstić information content (AvgIpc) is 2.76. The zero-order valence-electron chi connectivity index (χ0n) is 17.6. The fourth-order valence-corrected chi connectivity index (χ4v) is 5.57. The summed E-state index contributed by atoms with van der Waals surface area (Å²) in [7, 11) is 0. The molecule has 2 aromatic rings. The first kappa shape index (κ1) is 21.0. The number of hydrogen-bond donors (Lipinski definition) is 0. The molecule has 0 heterocycles. The second kappa shape index (κ2) is 9.29. The van der Waals surface area contributed by atoms with Gasteiger partial charge in [-0.05, 0) is 85.6 Å². The zero-order chi connectivity index (χ0) is 21.1. The monoisotopic (exact) mass is 410 g/mol. The lowest BCUT2D eigenvalue weighted by Gasteiger charge is -2.42. The molecule has 4 unspecified atom stereocenters. The van der Waals surface area contributed by atoms with Crippen molar-refractivity contribution in [2.45, 2.75) is 64.2 Å². The van der Waals surface area contributed by atoms with Gasteiger partial charge >= 0.3 is 0 Å². The van der Waals surface area contributed by atoms with Crippen molar-refractivity contribution in [2.75, 3.05) is 0 Å². The molecule has 0 amide bonds. The fraction of sp³-hybridized carbons (Fsp3) is 0.481. The van der Waals surface area contributed by atoms with Crippen LogP contribution in [0, 0.1) is 47.0 Å². The van der Waals surface area contributed by atoms with Crippen molar-refractivity contribution in [3.63, 3.8) is 0 Å². The van der Waals surface area contributed by atoms with Gasteiger partial charge in [0.25, 0.3) is 0 Å². The fourth-order valence-electron chi connectivity index (χ4n) is 5.57. The minimum Gasteiger partial charge on any atom is -0.204 e. The minimum atomic E-state index is -1.46. The highest BCUT2D eigenvalue weighted by atomic mass is 19.2. The van der Waals surface area contributed by atoms with Crippen LogP contribution in [0.2, 0.25) is 0 Å². The molecule has 2 saturated carbocycles. The number of fused-ring (bicyclic) bond motifs is 1. The molecule has 30 heavy (non-hydrogen) atoms. The summed E-state index contributed by atoms with van der Waals surface area (Å²) in [6.45, 7) is 2.30.